The lowest BCUT2D eigenvalue weighted by atomic mass is 10.2. The SMILES string of the molecule is CCN(Cc1ccc(CNC2CC2)cn1)C1CC1. The molecular formula is C15H23N3. The third kappa shape index (κ3) is 3.30. The molecule has 0 unspecified atom stereocenters. The fourth-order valence-corrected chi connectivity index (χ4v) is 2.35. The predicted molar refractivity (Wildman–Crippen MR) is 73.2 cm³/mol. The summed E-state index contributed by atoms with van der Waals surface area (Å²) in [6, 6.07) is 6.01. The van der Waals surface area contributed by atoms with Crippen LogP contribution in [0.15, 0.2) is 18.3 Å². The standard InChI is InChI=1S/C15H23N3/c1-2-18(15-7-8-15)11-14-4-3-12(10-17-14)9-16-13-5-6-13/h3-4,10,13,15-16H,2,5-9,11H2,1H3. The highest BCUT2D eigenvalue weighted by molar-refractivity contribution is 5.14. The molecule has 0 atom stereocenters. The van der Waals surface area contributed by atoms with Gasteiger partial charge in [0.05, 0.1) is 5.69 Å². The molecule has 0 saturated heterocycles. The van der Waals surface area contributed by atoms with Gasteiger partial charge in [0.1, 0.15) is 0 Å². The predicted octanol–water partition coefficient (Wildman–Crippen LogP) is 2.32. The van der Waals surface area contributed by atoms with Crippen LogP contribution in [0.4, 0.5) is 0 Å². The van der Waals surface area contributed by atoms with Crippen molar-refractivity contribution in [1.82, 2.24) is 15.2 Å². The third-order valence-electron chi connectivity index (χ3n) is 3.89. The molecule has 3 heteroatoms. The van der Waals surface area contributed by atoms with Crippen LogP contribution in [0.3, 0.4) is 0 Å². The Morgan fingerprint density at radius 2 is 2.11 bits per heavy atom. The van der Waals surface area contributed by atoms with Gasteiger partial charge < -0.3 is 5.32 Å². The molecule has 2 aliphatic rings. The van der Waals surface area contributed by atoms with Crippen LogP contribution >= 0.6 is 0 Å². The maximum atomic E-state index is 4.59. The van der Waals surface area contributed by atoms with E-state index in [9.17, 15) is 0 Å². The topological polar surface area (TPSA) is 28.2 Å². The molecule has 2 saturated carbocycles. The Labute approximate surface area is 110 Å². The minimum atomic E-state index is 0.773. The lowest BCUT2D eigenvalue weighted by molar-refractivity contribution is 0.266. The van der Waals surface area contributed by atoms with E-state index in [1.807, 2.05) is 6.20 Å². The lowest BCUT2D eigenvalue weighted by Crippen LogP contribution is -2.25. The summed E-state index contributed by atoms with van der Waals surface area (Å²) in [7, 11) is 0. The van der Waals surface area contributed by atoms with Crippen molar-refractivity contribution in [3.05, 3.63) is 29.6 Å². The smallest absolute Gasteiger partial charge is 0.0544 e. The summed E-state index contributed by atoms with van der Waals surface area (Å²) < 4.78 is 0. The van der Waals surface area contributed by atoms with Crippen molar-refractivity contribution in [2.24, 2.45) is 0 Å². The van der Waals surface area contributed by atoms with Crippen molar-refractivity contribution in [3.63, 3.8) is 0 Å². The summed E-state index contributed by atoms with van der Waals surface area (Å²) in [5, 5.41) is 3.52. The van der Waals surface area contributed by atoms with Gasteiger partial charge in [-0.25, -0.2) is 0 Å². The van der Waals surface area contributed by atoms with Crippen molar-refractivity contribution in [2.75, 3.05) is 6.54 Å². The van der Waals surface area contributed by atoms with Crippen LogP contribution < -0.4 is 5.32 Å². The number of nitrogens with zero attached hydrogens (tertiary/aromatic N) is 2. The highest BCUT2D eigenvalue weighted by Gasteiger charge is 2.27. The molecule has 1 N–H and O–H groups in total. The molecule has 1 aromatic heterocycles. The summed E-state index contributed by atoms with van der Waals surface area (Å²) in [6.07, 6.45) is 7.47. The number of nitrogens with one attached hydrogen (secondary N) is 1. The molecule has 0 aliphatic heterocycles. The van der Waals surface area contributed by atoms with E-state index in [1.54, 1.807) is 0 Å². The van der Waals surface area contributed by atoms with Crippen LogP contribution in [0, 0.1) is 0 Å². The zero-order chi connectivity index (χ0) is 12.4. The highest BCUT2D eigenvalue weighted by atomic mass is 15.2. The minimum absolute atomic E-state index is 0.773. The van der Waals surface area contributed by atoms with Crippen LogP contribution in [0.2, 0.25) is 0 Å². The van der Waals surface area contributed by atoms with E-state index in [1.165, 1.54) is 36.9 Å². The highest BCUT2D eigenvalue weighted by Crippen LogP contribution is 2.27. The third-order valence-corrected chi connectivity index (χ3v) is 3.89. The second kappa shape index (κ2) is 5.37. The van der Waals surface area contributed by atoms with Gasteiger partial charge in [-0.2, -0.15) is 0 Å². The molecule has 98 valence electrons. The Bertz CT molecular complexity index is 379. The van der Waals surface area contributed by atoms with E-state index in [4.69, 9.17) is 0 Å². The van der Waals surface area contributed by atoms with Gasteiger partial charge in [0.25, 0.3) is 0 Å². The first-order valence-corrected chi connectivity index (χ1v) is 7.26. The molecule has 0 spiro atoms. The van der Waals surface area contributed by atoms with E-state index in [2.05, 4.69) is 34.3 Å². The van der Waals surface area contributed by atoms with Gasteiger partial charge in [-0.15, -0.1) is 0 Å². The quantitative estimate of drug-likeness (QED) is 0.799. The number of aromatic nitrogens is 1. The van der Waals surface area contributed by atoms with Crippen LogP contribution in [-0.2, 0) is 13.1 Å². The Kier molecular flexibility index (Phi) is 3.62. The van der Waals surface area contributed by atoms with Crippen LogP contribution in [0.5, 0.6) is 0 Å². The Morgan fingerprint density at radius 1 is 1.28 bits per heavy atom. The maximum absolute atomic E-state index is 4.59. The zero-order valence-electron chi connectivity index (χ0n) is 11.2. The van der Waals surface area contributed by atoms with Gasteiger partial charge in [0, 0.05) is 31.4 Å². The van der Waals surface area contributed by atoms with E-state index >= 15 is 0 Å². The minimum Gasteiger partial charge on any atom is -0.310 e. The Morgan fingerprint density at radius 3 is 2.67 bits per heavy atom. The molecule has 3 nitrogen and oxygen atoms in total. The van der Waals surface area contributed by atoms with Gasteiger partial charge in [-0.1, -0.05) is 13.0 Å². The van der Waals surface area contributed by atoms with Crippen LogP contribution in [0.1, 0.15) is 43.9 Å². The number of pyridine rings is 1. The Hall–Kier alpha value is -0.930. The zero-order valence-corrected chi connectivity index (χ0v) is 11.2. The van der Waals surface area contributed by atoms with E-state index in [0.29, 0.717) is 0 Å². The van der Waals surface area contributed by atoms with Gasteiger partial charge in [0.15, 0.2) is 0 Å². The number of rotatable bonds is 7. The molecule has 0 aromatic carbocycles. The molecule has 0 bridgehead atoms. The molecule has 0 radical (unpaired) electrons. The van der Waals surface area contributed by atoms with Gasteiger partial charge in [0.2, 0.25) is 0 Å². The van der Waals surface area contributed by atoms with Crippen LogP contribution in [-0.4, -0.2) is 28.5 Å². The summed E-state index contributed by atoms with van der Waals surface area (Å²) in [6.45, 7) is 5.36. The van der Waals surface area contributed by atoms with Crippen molar-refractivity contribution >= 4 is 0 Å². The van der Waals surface area contributed by atoms with Gasteiger partial charge >= 0.3 is 0 Å². The fourth-order valence-electron chi connectivity index (χ4n) is 2.35. The summed E-state index contributed by atoms with van der Waals surface area (Å²) >= 11 is 0. The summed E-state index contributed by atoms with van der Waals surface area (Å²) in [5.74, 6) is 0. The fraction of sp³-hybridized carbons (Fsp3) is 0.667. The molecule has 0 amide bonds. The summed E-state index contributed by atoms with van der Waals surface area (Å²) in [4.78, 5) is 7.13. The van der Waals surface area contributed by atoms with Crippen LogP contribution in [0.25, 0.3) is 0 Å². The van der Waals surface area contributed by atoms with Gasteiger partial charge in [-0.3, -0.25) is 9.88 Å². The molecule has 2 aliphatic carbocycles. The average molecular weight is 245 g/mol. The van der Waals surface area contributed by atoms with E-state index in [0.717, 1.165) is 31.7 Å². The normalized spacial score (nSPS) is 19.4. The first kappa shape index (κ1) is 12.1. The molecule has 3 rings (SSSR count). The molecule has 18 heavy (non-hydrogen) atoms. The van der Waals surface area contributed by atoms with Crippen molar-refractivity contribution < 1.29 is 0 Å². The van der Waals surface area contributed by atoms with Crippen molar-refractivity contribution in [1.29, 1.82) is 0 Å². The van der Waals surface area contributed by atoms with Crippen molar-refractivity contribution in [3.8, 4) is 0 Å². The monoisotopic (exact) mass is 245 g/mol. The number of hydrogen-bond acceptors (Lipinski definition) is 3. The van der Waals surface area contributed by atoms with Gasteiger partial charge in [-0.05, 0) is 43.9 Å². The molecule has 1 heterocycles. The second-order valence-corrected chi connectivity index (χ2v) is 5.61. The maximum Gasteiger partial charge on any atom is 0.0544 e. The first-order chi connectivity index (χ1) is 8.85. The van der Waals surface area contributed by atoms with E-state index < -0.39 is 0 Å². The average Bonchev–Trinajstić information content (AvgIpc) is 3.28. The lowest BCUT2D eigenvalue weighted by Gasteiger charge is -2.19. The molecule has 2 fully saturated rings. The largest absolute Gasteiger partial charge is 0.310 e. The van der Waals surface area contributed by atoms with Crippen molar-refractivity contribution in [2.45, 2.75) is 57.8 Å². The first-order valence-electron chi connectivity index (χ1n) is 7.26. The number of hydrogen-bond donors (Lipinski definition) is 1. The molecule has 1 aromatic rings. The Balaban J connectivity index is 1.52. The molecular weight excluding hydrogens is 222 g/mol. The van der Waals surface area contributed by atoms with E-state index in [-0.39, 0.29) is 0 Å². The summed E-state index contributed by atoms with van der Waals surface area (Å²) in [5.41, 5.74) is 2.51. The second-order valence-electron chi connectivity index (χ2n) is 5.61.